The van der Waals surface area contributed by atoms with Gasteiger partial charge in [0.1, 0.15) is 11.5 Å². The minimum Gasteiger partial charge on any atom is -0.350 e. The van der Waals surface area contributed by atoms with Gasteiger partial charge in [0.25, 0.3) is 0 Å². The standard InChI is InChI=1S/C12H17FN2/c1-9(2)10-4-5-14-11(6-10)15-7-12(3,13)8-15/h4-6,9H,7-8H2,1-3H3. The highest BCUT2D eigenvalue weighted by molar-refractivity contribution is 5.46. The molecule has 0 unspecified atom stereocenters. The fourth-order valence-electron chi connectivity index (χ4n) is 1.88. The predicted octanol–water partition coefficient (Wildman–Crippen LogP) is 2.75. The number of anilines is 1. The summed E-state index contributed by atoms with van der Waals surface area (Å²) in [6.07, 6.45) is 1.80. The van der Waals surface area contributed by atoms with E-state index < -0.39 is 5.67 Å². The molecule has 0 bridgehead atoms. The van der Waals surface area contributed by atoms with Crippen molar-refractivity contribution in [2.75, 3.05) is 18.0 Å². The predicted molar refractivity (Wildman–Crippen MR) is 60.1 cm³/mol. The zero-order chi connectivity index (χ0) is 11.1. The maximum absolute atomic E-state index is 13.3. The number of alkyl halides is 1. The summed E-state index contributed by atoms with van der Waals surface area (Å²) in [7, 11) is 0. The van der Waals surface area contributed by atoms with E-state index in [0.717, 1.165) is 5.82 Å². The number of hydrogen-bond acceptors (Lipinski definition) is 2. The molecule has 2 rings (SSSR count). The van der Waals surface area contributed by atoms with Gasteiger partial charge in [-0.1, -0.05) is 13.8 Å². The quantitative estimate of drug-likeness (QED) is 0.743. The summed E-state index contributed by atoms with van der Waals surface area (Å²) < 4.78 is 13.3. The van der Waals surface area contributed by atoms with Crippen LogP contribution in [0.15, 0.2) is 18.3 Å². The lowest BCUT2D eigenvalue weighted by molar-refractivity contribution is 0.143. The van der Waals surface area contributed by atoms with Gasteiger partial charge in [-0.3, -0.25) is 0 Å². The summed E-state index contributed by atoms with van der Waals surface area (Å²) in [5.41, 5.74) is 0.225. The molecule has 0 radical (unpaired) electrons. The normalized spacial score (nSPS) is 19.1. The Kier molecular flexibility index (Phi) is 2.41. The van der Waals surface area contributed by atoms with E-state index in [9.17, 15) is 4.39 Å². The van der Waals surface area contributed by atoms with E-state index in [1.54, 1.807) is 13.1 Å². The molecule has 2 heterocycles. The fraction of sp³-hybridized carbons (Fsp3) is 0.583. The van der Waals surface area contributed by atoms with E-state index in [-0.39, 0.29) is 0 Å². The Bertz CT molecular complexity index is 352. The van der Waals surface area contributed by atoms with Gasteiger partial charge < -0.3 is 4.90 Å². The van der Waals surface area contributed by atoms with Crippen LogP contribution in [0.5, 0.6) is 0 Å². The molecule has 82 valence electrons. The SMILES string of the molecule is CC(C)c1ccnc(N2CC(C)(F)C2)c1. The smallest absolute Gasteiger partial charge is 0.143 e. The number of nitrogens with zero attached hydrogens (tertiary/aromatic N) is 2. The van der Waals surface area contributed by atoms with E-state index in [4.69, 9.17) is 0 Å². The van der Waals surface area contributed by atoms with Gasteiger partial charge in [-0.2, -0.15) is 0 Å². The summed E-state index contributed by atoms with van der Waals surface area (Å²) in [6.45, 7) is 6.85. The van der Waals surface area contributed by atoms with Crippen LogP contribution in [0.4, 0.5) is 10.2 Å². The van der Waals surface area contributed by atoms with Crippen molar-refractivity contribution in [1.82, 2.24) is 4.98 Å². The maximum atomic E-state index is 13.3. The third-order valence-electron chi connectivity index (χ3n) is 2.80. The molecule has 1 aliphatic heterocycles. The third-order valence-corrected chi connectivity index (χ3v) is 2.80. The molecule has 2 nitrogen and oxygen atoms in total. The molecule has 0 atom stereocenters. The molecule has 1 aromatic rings. The van der Waals surface area contributed by atoms with Crippen molar-refractivity contribution < 1.29 is 4.39 Å². The molecule has 1 saturated heterocycles. The van der Waals surface area contributed by atoms with Crippen molar-refractivity contribution in [3.8, 4) is 0 Å². The molecule has 1 aliphatic rings. The molecular formula is C12H17FN2. The van der Waals surface area contributed by atoms with Crippen LogP contribution in [-0.4, -0.2) is 23.7 Å². The first-order valence-electron chi connectivity index (χ1n) is 5.38. The fourth-order valence-corrected chi connectivity index (χ4v) is 1.88. The molecule has 15 heavy (non-hydrogen) atoms. The van der Waals surface area contributed by atoms with Crippen LogP contribution in [0.1, 0.15) is 32.3 Å². The number of hydrogen-bond donors (Lipinski definition) is 0. The monoisotopic (exact) mass is 208 g/mol. The lowest BCUT2D eigenvalue weighted by atomic mass is 9.98. The minimum atomic E-state index is -1.03. The highest BCUT2D eigenvalue weighted by Crippen LogP contribution is 2.30. The average molecular weight is 208 g/mol. The van der Waals surface area contributed by atoms with Crippen molar-refractivity contribution in [1.29, 1.82) is 0 Å². The zero-order valence-corrected chi connectivity index (χ0v) is 9.50. The van der Waals surface area contributed by atoms with Gasteiger partial charge in [0, 0.05) is 6.20 Å². The lowest BCUT2D eigenvalue weighted by Crippen LogP contribution is -2.57. The van der Waals surface area contributed by atoms with Crippen LogP contribution in [0.3, 0.4) is 0 Å². The molecular weight excluding hydrogens is 191 g/mol. The Morgan fingerprint density at radius 2 is 2.13 bits per heavy atom. The van der Waals surface area contributed by atoms with Gasteiger partial charge in [0.2, 0.25) is 0 Å². The van der Waals surface area contributed by atoms with Crippen LogP contribution >= 0.6 is 0 Å². The van der Waals surface area contributed by atoms with E-state index in [1.807, 2.05) is 11.0 Å². The molecule has 3 heteroatoms. The summed E-state index contributed by atoms with van der Waals surface area (Å²) in [5.74, 6) is 1.39. The Morgan fingerprint density at radius 3 is 2.67 bits per heavy atom. The van der Waals surface area contributed by atoms with Crippen LogP contribution < -0.4 is 4.90 Å². The van der Waals surface area contributed by atoms with Gasteiger partial charge >= 0.3 is 0 Å². The first kappa shape index (κ1) is 10.4. The minimum absolute atomic E-state index is 0.460. The molecule has 1 fully saturated rings. The number of halogens is 1. The number of rotatable bonds is 2. The van der Waals surface area contributed by atoms with Gasteiger partial charge in [-0.25, -0.2) is 9.37 Å². The van der Waals surface area contributed by atoms with Crippen LogP contribution in [0, 0.1) is 0 Å². The molecule has 1 aromatic heterocycles. The number of aromatic nitrogens is 1. The van der Waals surface area contributed by atoms with Crippen LogP contribution in [0.2, 0.25) is 0 Å². The zero-order valence-electron chi connectivity index (χ0n) is 9.50. The lowest BCUT2D eigenvalue weighted by Gasteiger charge is -2.43. The van der Waals surface area contributed by atoms with E-state index in [1.165, 1.54) is 5.56 Å². The van der Waals surface area contributed by atoms with Crippen LogP contribution in [-0.2, 0) is 0 Å². The van der Waals surface area contributed by atoms with E-state index in [0.29, 0.717) is 19.0 Å². The second-order valence-corrected chi connectivity index (χ2v) is 4.87. The van der Waals surface area contributed by atoms with Gasteiger partial charge in [-0.15, -0.1) is 0 Å². The second-order valence-electron chi connectivity index (χ2n) is 4.87. The van der Waals surface area contributed by atoms with Crippen LogP contribution in [0.25, 0.3) is 0 Å². The molecule has 0 aliphatic carbocycles. The van der Waals surface area contributed by atoms with Gasteiger partial charge in [-0.05, 0) is 30.5 Å². The maximum Gasteiger partial charge on any atom is 0.143 e. The summed E-state index contributed by atoms with van der Waals surface area (Å²) >= 11 is 0. The Hall–Kier alpha value is -1.12. The van der Waals surface area contributed by atoms with E-state index in [2.05, 4.69) is 24.9 Å². The number of pyridine rings is 1. The van der Waals surface area contributed by atoms with Crippen molar-refractivity contribution in [3.05, 3.63) is 23.9 Å². The van der Waals surface area contributed by atoms with Gasteiger partial charge in [0.05, 0.1) is 13.1 Å². The summed E-state index contributed by atoms with van der Waals surface area (Å²) in [6, 6.07) is 4.07. The van der Waals surface area contributed by atoms with Crippen molar-refractivity contribution in [2.45, 2.75) is 32.4 Å². The largest absolute Gasteiger partial charge is 0.350 e. The second kappa shape index (κ2) is 3.47. The summed E-state index contributed by atoms with van der Waals surface area (Å²) in [5, 5.41) is 0. The Labute approximate surface area is 90.1 Å². The molecule has 0 saturated carbocycles. The van der Waals surface area contributed by atoms with Crippen molar-refractivity contribution >= 4 is 5.82 Å². The molecule has 0 spiro atoms. The van der Waals surface area contributed by atoms with Crippen molar-refractivity contribution in [3.63, 3.8) is 0 Å². The third kappa shape index (κ3) is 2.11. The van der Waals surface area contributed by atoms with E-state index >= 15 is 0 Å². The first-order valence-corrected chi connectivity index (χ1v) is 5.38. The topological polar surface area (TPSA) is 16.1 Å². The average Bonchev–Trinajstić information content (AvgIpc) is 2.14. The Balaban J connectivity index is 2.13. The highest BCUT2D eigenvalue weighted by atomic mass is 19.1. The Morgan fingerprint density at radius 1 is 1.47 bits per heavy atom. The molecule has 0 N–H and O–H groups in total. The summed E-state index contributed by atoms with van der Waals surface area (Å²) in [4.78, 5) is 6.25. The molecule has 0 amide bonds. The molecule has 0 aromatic carbocycles. The first-order chi connectivity index (χ1) is 6.98. The van der Waals surface area contributed by atoms with Gasteiger partial charge in [0.15, 0.2) is 0 Å². The highest BCUT2D eigenvalue weighted by Gasteiger charge is 2.39. The van der Waals surface area contributed by atoms with Crippen molar-refractivity contribution in [2.24, 2.45) is 0 Å².